The molecular formula is C17H19FN6O. The first-order valence-electron chi connectivity index (χ1n) is 7.82. The van der Waals surface area contributed by atoms with E-state index in [9.17, 15) is 9.18 Å². The number of nitrogens with one attached hydrogen (secondary N) is 2. The maximum atomic E-state index is 13.8. The van der Waals surface area contributed by atoms with Gasteiger partial charge in [-0.15, -0.1) is 0 Å². The Hall–Kier alpha value is -3.16. The van der Waals surface area contributed by atoms with E-state index in [4.69, 9.17) is 0 Å². The fourth-order valence-corrected chi connectivity index (χ4v) is 2.41. The first kappa shape index (κ1) is 16.7. The molecule has 1 aromatic carbocycles. The van der Waals surface area contributed by atoms with Crippen molar-refractivity contribution >= 4 is 11.8 Å². The summed E-state index contributed by atoms with van der Waals surface area (Å²) in [6.07, 6.45) is 3.28. The van der Waals surface area contributed by atoms with Crippen molar-refractivity contribution in [1.82, 2.24) is 24.9 Å². The third-order valence-electron chi connectivity index (χ3n) is 4.01. The Kier molecular flexibility index (Phi) is 4.78. The van der Waals surface area contributed by atoms with Gasteiger partial charge in [-0.25, -0.2) is 13.9 Å². The first-order valence-corrected chi connectivity index (χ1v) is 7.82. The molecule has 0 spiro atoms. The lowest BCUT2D eigenvalue weighted by Gasteiger charge is -2.10. The molecule has 2 N–H and O–H groups in total. The molecule has 0 saturated carbocycles. The minimum absolute atomic E-state index is 0.233. The number of hydrogen-bond donors (Lipinski definition) is 2. The van der Waals surface area contributed by atoms with E-state index in [-0.39, 0.29) is 18.4 Å². The molecule has 0 aliphatic heterocycles. The molecule has 2 heterocycles. The van der Waals surface area contributed by atoms with Crippen molar-refractivity contribution in [2.45, 2.75) is 20.0 Å². The molecule has 2 amide bonds. The van der Waals surface area contributed by atoms with Gasteiger partial charge in [-0.2, -0.15) is 10.2 Å². The van der Waals surface area contributed by atoms with Crippen molar-refractivity contribution < 1.29 is 9.18 Å². The van der Waals surface area contributed by atoms with Crippen molar-refractivity contribution in [2.24, 2.45) is 7.05 Å². The number of anilines is 1. The van der Waals surface area contributed by atoms with Crippen molar-refractivity contribution in [3.63, 3.8) is 0 Å². The number of carbonyl (C=O) groups is 1. The van der Waals surface area contributed by atoms with E-state index < -0.39 is 0 Å². The maximum absolute atomic E-state index is 13.8. The molecule has 2 aromatic heterocycles. The summed E-state index contributed by atoms with van der Waals surface area (Å²) in [4.78, 5) is 12.1. The summed E-state index contributed by atoms with van der Waals surface area (Å²) in [5, 5.41) is 13.8. The number of halogens is 1. The molecule has 0 saturated heterocycles. The Morgan fingerprint density at radius 2 is 2.00 bits per heavy atom. The highest BCUT2D eigenvalue weighted by atomic mass is 19.1. The number of hydrogen-bond acceptors (Lipinski definition) is 3. The standard InChI is InChI=1S/C17H19FN6O/c1-12-14(10-21-23(12)2)9-19-17(25)22-16-7-8-20-24(16)11-13-5-3-4-6-15(13)18/h3-8,10H,9,11H2,1-2H3,(H2,19,22,25). The van der Waals surface area contributed by atoms with Crippen LogP contribution < -0.4 is 10.6 Å². The van der Waals surface area contributed by atoms with Gasteiger partial charge in [0.2, 0.25) is 0 Å². The van der Waals surface area contributed by atoms with Gasteiger partial charge in [-0.3, -0.25) is 10.00 Å². The van der Waals surface area contributed by atoms with Gasteiger partial charge < -0.3 is 5.32 Å². The van der Waals surface area contributed by atoms with Crippen LogP contribution in [0.2, 0.25) is 0 Å². The van der Waals surface area contributed by atoms with Crippen molar-refractivity contribution in [2.75, 3.05) is 5.32 Å². The molecule has 0 unspecified atom stereocenters. The molecule has 0 aliphatic carbocycles. The molecule has 0 bridgehead atoms. The minimum atomic E-state index is -0.362. The molecule has 0 atom stereocenters. The normalized spacial score (nSPS) is 10.7. The summed E-state index contributed by atoms with van der Waals surface area (Å²) in [6.45, 7) is 2.54. The highest BCUT2D eigenvalue weighted by molar-refractivity contribution is 5.88. The fraction of sp³-hybridized carbons (Fsp3) is 0.235. The first-order chi connectivity index (χ1) is 12.0. The Bertz CT molecular complexity index is 885. The van der Waals surface area contributed by atoms with Gasteiger partial charge in [0.1, 0.15) is 11.6 Å². The summed E-state index contributed by atoms with van der Waals surface area (Å²) < 4.78 is 17.1. The molecule has 0 fully saturated rings. The molecule has 3 rings (SSSR count). The molecule has 0 radical (unpaired) electrons. The van der Waals surface area contributed by atoms with Gasteiger partial charge in [0.25, 0.3) is 0 Å². The quantitative estimate of drug-likeness (QED) is 0.748. The van der Waals surface area contributed by atoms with Crippen molar-refractivity contribution in [3.05, 3.63) is 65.4 Å². The molecule has 8 heteroatoms. The second kappa shape index (κ2) is 7.16. The van der Waals surface area contributed by atoms with Crippen LogP contribution in [0.15, 0.2) is 42.7 Å². The van der Waals surface area contributed by atoms with Crippen LogP contribution in [0.1, 0.15) is 16.8 Å². The van der Waals surface area contributed by atoms with Crippen LogP contribution in [0.4, 0.5) is 15.0 Å². The van der Waals surface area contributed by atoms with Gasteiger partial charge in [0.05, 0.1) is 18.9 Å². The van der Waals surface area contributed by atoms with Gasteiger partial charge in [0, 0.05) is 36.5 Å². The topological polar surface area (TPSA) is 76.8 Å². The lowest BCUT2D eigenvalue weighted by Crippen LogP contribution is -2.29. The summed E-state index contributed by atoms with van der Waals surface area (Å²) in [7, 11) is 1.85. The average Bonchev–Trinajstić information content (AvgIpc) is 3.15. The van der Waals surface area contributed by atoms with E-state index >= 15 is 0 Å². The van der Waals surface area contributed by atoms with Crippen LogP contribution in [0.25, 0.3) is 0 Å². The van der Waals surface area contributed by atoms with E-state index in [0.29, 0.717) is 17.9 Å². The number of benzene rings is 1. The number of urea groups is 1. The monoisotopic (exact) mass is 342 g/mol. The highest BCUT2D eigenvalue weighted by Crippen LogP contribution is 2.13. The zero-order valence-electron chi connectivity index (χ0n) is 14.0. The predicted octanol–water partition coefficient (Wildman–Crippen LogP) is 2.43. The Morgan fingerprint density at radius 3 is 2.72 bits per heavy atom. The highest BCUT2D eigenvalue weighted by Gasteiger charge is 2.10. The summed E-state index contributed by atoms with van der Waals surface area (Å²) in [5.74, 6) is 0.184. The minimum Gasteiger partial charge on any atom is -0.334 e. The Morgan fingerprint density at radius 1 is 1.20 bits per heavy atom. The number of aryl methyl sites for hydroxylation is 1. The fourth-order valence-electron chi connectivity index (χ4n) is 2.41. The van der Waals surface area contributed by atoms with Crippen LogP contribution >= 0.6 is 0 Å². The van der Waals surface area contributed by atoms with Crippen LogP contribution in [-0.2, 0) is 20.1 Å². The number of amides is 2. The van der Waals surface area contributed by atoms with Gasteiger partial charge >= 0.3 is 6.03 Å². The van der Waals surface area contributed by atoms with Crippen LogP contribution in [-0.4, -0.2) is 25.6 Å². The van der Waals surface area contributed by atoms with Crippen LogP contribution in [0.3, 0.4) is 0 Å². The third kappa shape index (κ3) is 3.85. The zero-order valence-corrected chi connectivity index (χ0v) is 14.0. The number of nitrogens with zero attached hydrogens (tertiary/aromatic N) is 4. The maximum Gasteiger partial charge on any atom is 0.320 e. The van der Waals surface area contributed by atoms with Gasteiger partial charge in [-0.1, -0.05) is 18.2 Å². The summed E-state index contributed by atoms with van der Waals surface area (Å²) in [6, 6.07) is 7.78. The molecule has 0 aliphatic rings. The Labute approximate surface area is 144 Å². The van der Waals surface area contributed by atoms with E-state index in [1.807, 2.05) is 14.0 Å². The predicted molar refractivity (Wildman–Crippen MR) is 91.5 cm³/mol. The molecular weight excluding hydrogens is 323 g/mol. The molecule has 3 aromatic rings. The average molecular weight is 342 g/mol. The number of rotatable bonds is 5. The largest absolute Gasteiger partial charge is 0.334 e. The molecule has 130 valence electrons. The van der Waals surface area contributed by atoms with Crippen LogP contribution in [0, 0.1) is 12.7 Å². The van der Waals surface area contributed by atoms with E-state index in [1.165, 1.54) is 10.7 Å². The summed E-state index contributed by atoms with van der Waals surface area (Å²) >= 11 is 0. The van der Waals surface area contributed by atoms with Crippen LogP contribution in [0.5, 0.6) is 0 Å². The second-order valence-electron chi connectivity index (χ2n) is 5.65. The SMILES string of the molecule is Cc1c(CNC(=O)Nc2ccnn2Cc2ccccc2F)cnn1C. The van der Waals surface area contributed by atoms with E-state index in [0.717, 1.165) is 11.3 Å². The number of carbonyl (C=O) groups excluding carboxylic acids is 1. The lowest BCUT2D eigenvalue weighted by molar-refractivity contribution is 0.251. The third-order valence-corrected chi connectivity index (χ3v) is 4.01. The Balaban J connectivity index is 1.62. The van der Waals surface area contributed by atoms with Crippen molar-refractivity contribution in [3.8, 4) is 0 Å². The smallest absolute Gasteiger partial charge is 0.320 e. The number of aromatic nitrogens is 4. The summed E-state index contributed by atoms with van der Waals surface area (Å²) in [5.41, 5.74) is 2.43. The van der Waals surface area contributed by atoms with E-state index in [2.05, 4.69) is 20.8 Å². The van der Waals surface area contributed by atoms with E-state index in [1.54, 1.807) is 41.3 Å². The van der Waals surface area contributed by atoms with Gasteiger partial charge in [-0.05, 0) is 13.0 Å². The zero-order chi connectivity index (χ0) is 17.8. The second-order valence-corrected chi connectivity index (χ2v) is 5.65. The molecule has 25 heavy (non-hydrogen) atoms. The van der Waals surface area contributed by atoms with Gasteiger partial charge in [0.15, 0.2) is 0 Å². The lowest BCUT2D eigenvalue weighted by atomic mass is 10.2. The van der Waals surface area contributed by atoms with Crippen molar-refractivity contribution in [1.29, 1.82) is 0 Å². The molecule has 7 nitrogen and oxygen atoms in total.